The van der Waals surface area contributed by atoms with E-state index in [0.29, 0.717) is 5.92 Å². The summed E-state index contributed by atoms with van der Waals surface area (Å²) in [7, 11) is 0. The van der Waals surface area contributed by atoms with Crippen LogP contribution < -0.4 is 0 Å². The molecule has 1 amide bonds. The van der Waals surface area contributed by atoms with Crippen LogP contribution in [0.5, 0.6) is 0 Å². The molecule has 0 radical (unpaired) electrons. The Bertz CT molecular complexity index is 463. The van der Waals surface area contributed by atoms with E-state index in [4.69, 9.17) is 0 Å². The smallest absolute Gasteiger partial charge is 0.244 e. The van der Waals surface area contributed by atoms with Gasteiger partial charge >= 0.3 is 0 Å². The second-order valence-electron chi connectivity index (χ2n) is 5.17. The second-order valence-corrected chi connectivity index (χ2v) is 5.17. The lowest BCUT2D eigenvalue weighted by molar-refractivity contribution is -0.133. The largest absolute Gasteiger partial charge is 0.341 e. The summed E-state index contributed by atoms with van der Waals surface area (Å²) in [5, 5.41) is 9.31. The molecular formula is C16H20N2O. The van der Waals surface area contributed by atoms with Gasteiger partial charge in [0, 0.05) is 13.1 Å². The molecule has 100 valence electrons. The highest BCUT2D eigenvalue weighted by Crippen LogP contribution is 2.24. The molecule has 0 N–H and O–H groups in total. The molecule has 19 heavy (non-hydrogen) atoms. The maximum atomic E-state index is 12.5. The van der Waals surface area contributed by atoms with Gasteiger partial charge in [0.2, 0.25) is 5.91 Å². The van der Waals surface area contributed by atoms with Crippen molar-refractivity contribution in [3.63, 3.8) is 0 Å². The van der Waals surface area contributed by atoms with E-state index < -0.39 is 5.92 Å². The first-order chi connectivity index (χ1) is 9.26. The van der Waals surface area contributed by atoms with Gasteiger partial charge in [0.1, 0.15) is 5.92 Å². The number of nitrogens with zero attached hydrogens (tertiary/aromatic N) is 2. The molecule has 2 atom stereocenters. The molecule has 0 saturated carbocycles. The van der Waals surface area contributed by atoms with Gasteiger partial charge in [-0.25, -0.2) is 0 Å². The highest BCUT2D eigenvalue weighted by Gasteiger charge is 2.29. The highest BCUT2D eigenvalue weighted by molar-refractivity contribution is 5.86. The van der Waals surface area contributed by atoms with Crippen LogP contribution in [0.1, 0.15) is 37.7 Å². The van der Waals surface area contributed by atoms with Crippen LogP contribution in [0.3, 0.4) is 0 Å². The van der Waals surface area contributed by atoms with Gasteiger partial charge in [-0.05, 0) is 24.3 Å². The van der Waals surface area contributed by atoms with E-state index in [1.807, 2.05) is 35.2 Å². The van der Waals surface area contributed by atoms with E-state index in [2.05, 4.69) is 13.0 Å². The minimum atomic E-state index is -0.656. The third-order valence-corrected chi connectivity index (χ3v) is 3.92. The van der Waals surface area contributed by atoms with Crippen LogP contribution in [-0.2, 0) is 4.79 Å². The number of hydrogen-bond acceptors (Lipinski definition) is 2. The van der Waals surface area contributed by atoms with Crippen molar-refractivity contribution >= 4 is 5.91 Å². The molecule has 2 rings (SSSR count). The molecule has 0 spiro atoms. The van der Waals surface area contributed by atoms with Crippen molar-refractivity contribution in [3.05, 3.63) is 35.9 Å². The topological polar surface area (TPSA) is 44.1 Å². The minimum absolute atomic E-state index is 0.0353. The number of benzene rings is 1. The number of likely N-dealkylation sites (tertiary alicyclic amines) is 1. The zero-order valence-electron chi connectivity index (χ0n) is 11.4. The molecule has 3 heteroatoms. The number of carbonyl (C=O) groups is 1. The molecular weight excluding hydrogens is 236 g/mol. The van der Waals surface area contributed by atoms with Crippen molar-refractivity contribution in [2.45, 2.75) is 32.1 Å². The summed E-state index contributed by atoms with van der Waals surface area (Å²) in [5.41, 5.74) is 0.800. The van der Waals surface area contributed by atoms with Crippen molar-refractivity contribution in [1.29, 1.82) is 5.26 Å². The minimum Gasteiger partial charge on any atom is -0.341 e. The Morgan fingerprint density at radius 3 is 2.84 bits per heavy atom. The summed E-state index contributed by atoms with van der Waals surface area (Å²) in [6.07, 6.45) is 3.35. The zero-order chi connectivity index (χ0) is 13.7. The molecule has 0 aromatic heterocycles. The van der Waals surface area contributed by atoms with Gasteiger partial charge in [-0.3, -0.25) is 4.79 Å². The molecule has 3 nitrogen and oxygen atoms in total. The predicted octanol–water partition coefficient (Wildman–Crippen LogP) is 2.94. The molecule has 1 aromatic rings. The number of rotatable bonds is 3. The van der Waals surface area contributed by atoms with E-state index in [1.54, 1.807) is 0 Å². The summed E-state index contributed by atoms with van der Waals surface area (Å²) in [6, 6.07) is 11.5. The average molecular weight is 256 g/mol. The van der Waals surface area contributed by atoms with Crippen molar-refractivity contribution in [1.82, 2.24) is 4.90 Å². The number of piperidine rings is 1. The summed E-state index contributed by atoms with van der Waals surface area (Å²) in [6.45, 7) is 3.76. The number of amides is 1. The first-order valence-electron chi connectivity index (χ1n) is 6.99. The molecule has 1 saturated heterocycles. The first kappa shape index (κ1) is 13.6. The SMILES string of the molecule is CCC1CCCN(C(=O)C(C#N)c2ccccc2)C1. The number of hydrogen-bond donors (Lipinski definition) is 0. The average Bonchev–Trinajstić information content (AvgIpc) is 2.49. The van der Waals surface area contributed by atoms with Gasteiger partial charge in [-0.2, -0.15) is 5.26 Å². The van der Waals surface area contributed by atoms with Gasteiger partial charge in [-0.1, -0.05) is 43.7 Å². The van der Waals surface area contributed by atoms with Crippen molar-refractivity contribution in [3.8, 4) is 6.07 Å². The van der Waals surface area contributed by atoms with E-state index in [9.17, 15) is 10.1 Å². The molecule has 1 aromatic carbocycles. The number of nitriles is 1. The summed E-state index contributed by atoms with van der Waals surface area (Å²) in [5.74, 6) is -0.100. The molecule has 2 unspecified atom stereocenters. The van der Waals surface area contributed by atoms with Gasteiger partial charge in [0.05, 0.1) is 6.07 Å². The molecule has 0 bridgehead atoms. The lowest BCUT2D eigenvalue weighted by Crippen LogP contribution is -2.42. The first-order valence-corrected chi connectivity index (χ1v) is 6.99. The Kier molecular flexibility index (Phi) is 4.57. The van der Waals surface area contributed by atoms with Gasteiger partial charge in [-0.15, -0.1) is 0 Å². The van der Waals surface area contributed by atoms with Crippen LogP contribution in [0.15, 0.2) is 30.3 Å². The Balaban J connectivity index is 2.11. The monoisotopic (exact) mass is 256 g/mol. The van der Waals surface area contributed by atoms with Crippen LogP contribution in [0.25, 0.3) is 0 Å². The Morgan fingerprint density at radius 1 is 1.47 bits per heavy atom. The van der Waals surface area contributed by atoms with E-state index in [-0.39, 0.29) is 5.91 Å². The van der Waals surface area contributed by atoms with E-state index >= 15 is 0 Å². The quantitative estimate of drug-likeness (QED) is 0.834. The van der Waals surface area contributed by atoms with Crippen LogP contribution in [0.4, 0.5) is 0 Å². The Morgan fingerprint density at radius 2 is 2.21 bits per heavy atom. The fraction of sp³-hybridized carbons (Fsp3) is 0.500. The highest BCUT2D eigenvalue weighted by atomic mass is 16.2. The number of carbonyl (C=O) groups excluding carboxylic acids is 1. The second kappa shape index (κ2) is 6.38. The van der Waals surface area contributed by atoms with Crippen LogP contribution >= 0.6 is 0 Å². The predicted molar refractivity (Wildman–Crippen MR) is 74.4 cm³/mol. The lowest BCUT2D eigenvalue weighted by Gasteiger charge is -2.33. The van der Waals surface area contributed by atoms with Crippen molar-refractivity contribution in [2.75, 3.05) is 13.1 Å². The Labute approximate surface area is 114 Å². The van der Waals surface area contributed by atoms with E-state index in [0.717, 1.165) is 31.5 Å². The van der Waals surface area contributed by atoms with Crippen LogP contribution in [0.2, 0.25) is 0 Å². The normalized spacial score (nSPS) is 20.6. The third-order valence-electron chi connectivity index (χ3n) is 3.92. The van der Waals surface area contributed by atoms with Gasteiger partial charge in [0.15, 0.2) is 0 Å². The van der Waals surface area contributed by atoms with Gasteiger partial charge in [0.25, 0.3) is 0 Å². The lowest BCUT2D eigenvalue weighted by atomic mass is 9.93. The van der Waals surface area contributed by atoms with Gasteiger partial charge < -0.3 is 4.90 Å². The standard InChI is InChI=1S/C16H20N2O/c1-2-13-7-6-10-18(12-13)16(19)15(11-17)14-8-4-3-5-9-14/h3-5,8-9,13,15H,2,6-7,10,12H2,1H3. The molecule has 1 aliphatic heterocycles. The maximum absolute atomic E-state index is 12.5. The molecule has 1 fully saturated rings. The third kappa shape index (κ3) is 3.14. The zero-order valence-corrected chi connectivity index (χ0v) is 11.4. The summed E-state index contributed by atoms with van der Waals surface area (Å²) >= 11 is 0. The molecule has 0 aliphatic carbocycles. The molecule has 1 aliphatic rings. The van der Waals surface area contributed by atoms with Crippen molar-refractivity contribution in [2.24, 2.45) is 5.92 Å². The molecule has 1 heterocycles. The van der Waals surface area contributed by atoms with E-state index in [1.165, 1.54) is 6.42 Å². The van der Waals surface area contributed by atoms with Crippen LogP contribution in [-0.4, -0.2) is 23.9 Å². The fourth-order valence-corrected chi connectivity index (χ4v) is 2.70. The maximum Gasteiger partial charge on any atom is 0.244 e. The summed E-state index contributed by atoms with van der Waals surface area (Å²) < 4.78 is 0. The summed E-state index contributed by atoms with van der Waals surface area (Å²) in [4.78, 5) is 14.4. The van der Waals surface area contributed by atoms with Crippen molar-refractivity contribution < 1.29 is 4.79 Å². The van der Waals surface area contributed by atoms with Crippen LogP contribution in [0, 0.1) is 17.2 Å². The Hall–Kier alpha value is -1.82. The fourth-order valence-electron chi connectivity index (χ4n) is 2.70.